The SMILES string of the molecule is O=C(NC1(c2cccc(Br)c2)CCOCC1)C1CC1C1CC1. The van der Waals surface area contributed by atoms with Gasteiger partial charge in [-0.15, -0.1) is 0 Å². The Labute approximate surface area is 139 Å². The van der Waals surface area contributed by atoms with Crippen LogP contribution in [0, 0.1) is 17.8 Å². The Kier molecular flexibility index (Phi) is 3.77. The maximum atomic E-state index is 12.7. The van der Waals surface area contributed by atoms with E-state index in [2.05, 4.69) is 33.4 Å². The van der Waals surface area contributed by atoms with Gasteiger partial charge < -0.3 is 10.1 Å². The van der Waals surface area contributed by atoms with E-state index in [4.69, 9.17) is 4.74 Å². The summed E-state index contributed by atoms with van der Waals surface area (Å²) < 4.78 is 6.60. The monoisotopic (exact) mass is 363 g/mol. The molecule has 1 heterocycles. The molecule has 0 aromatic heterocycles. The topological polar surface area (TPSA) is 38.3 Å². The molecule has 2 aliphatic carbocycles. The highest BCUT2D eigenvalue weighted by Crippen LogP contribution is 2.54. The van der Waals surface area contributed by atoms with Crippen LogP contribution in [0.1, 0.15) is 37.7 Å². The van der Waals surface area contributed by atoms with Gasteiger partial charge in [-0.25, -0.2) is 0 Å². The van der Waals surface area contributed by atoms with Crippen molar-refractivity contribution in [3.8, 4) is 0 Å². The molecule has 0 spiro atoms. The molecule has 22 heavy (non-hydrogen) atoms. The van der Waals surface area contributed by atoms with Crippen LogP contribution in [0.15, 0.2) is 28.7 Å². The van der Waals surface area contributed by atoms with Gasteiger partial charge in [0.2, 0.25) is 5.91 Å². The van der Waals surface area contributed by atoms with Gasteiger partial charge in [-0.2, -0.15) is 0 Å². The molecule has 1 aromatic carbocycles. The Hall–Kier alpha value is -0.870. The first kappa shape index (κ1) is 14.7. The molecule has 118 valence electrons. The summed E-state index contributed by atoms with van der Waals surface area (Å²) in [5, 5.41) is 3.41. The normalized spacial score (nSPS) is 29.9. The molecule has 1 saturated heterocycles. The van der Waals surface area contributed by atoms with Crippen molar-refractivity contribution in [2.24, 2.45) is 17.8 Å². The van der Waals surface area contributed by atoms with Gasteiger partial charge in [-0.3, -0.25) is 4.79 Å². The summed E-state index contributed by atoms with van der Waals surface area (Å²) in [6.07, 6.45) is 5.48. The predicted molar refractivity (Wildman–Crippen MR) is 88.3 cm³/mol. The van der Waals surface area contributed by atoms with Crippen molar-refractivity contribution < 1.29 is 9.53 Å². The van der Waals surface area contributed by atoms with Gasteiger partial charge in [0.25, 0.3) is 0 Å². The molecule has 2 atom stereocenters. The van der Waals surface area contributed by atoms with Crippen molar-refractivity contribution in [3.63, 3.8) is 0 Å². The smallest absolute Gasteiger partial charge is 0.224 e. The summed E-state index contributed by atoms with van der Waals surface area (Å²) in [6.45, 7) is 1.42. The third-order valence-electron chi connectivity index (χ3n) is 5.49. The second-order valence-corrected chi connectivity index (χ2v) is 7.95. The fourth-order valence-electron chi connectivity index (χ4n) is 3.88. The van der Waals surface area contributed by atoms with E-state index in [0.29, 0.717) is 19.1 Å². The van der Waals surface area contributed by atoms with Crippen LogP contribution in [0.3, 0.4) is 0 Å². The van der Waals surface area contributed by atoms with E-state index < -0.39 is 0 Å². The lowest BCUT2D eigenvalue weighted by Gasteiger charge is -2.39. The quantitative estimate of drug-likeness (QED) is 0.886. The maximum absolute atomic E-state index is 12.7. The molecule has 0 bridgehead atoms. The van der Waals surface area contributed by atoms with Crippen molar-refractivity contribution in [2.45, 2.75) is 37.6 Å². The van der Waals surface area contributed by atoms with Crippen molar-refractivity contribution in [1.29, 1.82) is 0 Å². The molecule has 1 N–H and O–H groups in total. The van der Waals surface area contributed by atoms with Gasteiger partial charge in [-0.05, 0) is 61.6 Å². The fourth-order valence-corrected chi connectivity index (χ4v) is 4.28. The minimum absolute atomic E-state index is 0.254. The van der Waals surface area contributed by atoms with Gasteiger partial charge >= 0.3 is 0 Å². The van der Waals surface area contributed by atoms with E-state index in [-0.39, 0.29) is 17.4 Å². The highest BCUT2D eigenvalue weighted by Gasteiger charge is 2.52. The molecule has 4 rings (SSSR count). The van der Waals surface area contributed by atoms with Gasteiger partial charge in [0.1, 0.15) is 0 Å². The van der Waals surface area contributed by atoms with Crippen LogP contribution in [0.2, 0.25) is 0 Å². The second-order valence-electron chi connectivity index (χ2n) is 7.04. The lowest BCUT2D eigenvalue weighted by atomic mass is 9.82. The number of nitrogens with one attached hydrogen (secondary N) is 1. The highest BCUT2D eigenvalue weighted by molar-refractivity contribution is 9.10. The second kappa shape index (κ2) is 5.64. The molecule has 2 unspecified atom stereocenters. The zero-order chi connectivity index (χ0) is 15.2. The minimum atomic E-state index is -0.254. The lowest BCUT2D eigenvalue weighted by Crippen LogP contribution is -2.50. The van der Waals surface area contributed by atoms with Crippen molar-refractivity contribution >= 4 is 21.8 Å². The summed E-state index contributed by atoms with van der Waals surface area (Å²) >= 11 is 3.55. The molecule has 3 fully saturated rings. The van der Waals surface area contributed by atoms with E-state index in [1.54, 1.807) is 0 Å². The maximum Gasteiger partial charge on any atom is 0.224 e. The molecule has 1 aromatic rings. The minimum Gasteiger partial charge on any atom is -0.381 e. The average Bonchev–Trinajstić information content (AvgIpc) is 3.39. The third-order valence-corrected chi connectivity index (χ3v) is 5.98. The van der Waals surface area contributed by atoms with E-state index in [9.17, 15) is 4.79 Å². The summed E-state index contributed by atoms with van der Waals surface area (Å²) in [6, 6.07) is 8.34. The summed E-state index contributed by atoms with van der Waals surface area (Å²) in [5.74, 6) is 2.03. The van der Waals surface area contributed by atoms with E-state index in [1.165, 1.54) is 18.4 Å². The van der Waals surface area contributed by atoms with E-state index in [1.807, 2.05) is 12.1 Å². The van der Waals surface area contributed by atoms with Crippen LogP contribution in [-0.4, -0.2) is 19.1 Å². The average molecular weight is 364 g/mol. The van der Waals surface area contributed by atoms with Crippen LogP contribution < -0.4 is 5.32 Å². The zero-order valence-electron chi connectivity index (χ0n) is 12.7. The summed E-state index contributed by atoms with van der Waals surface area (Å²) in [4.78, 5) is 12.7. The van der Waals surface area contributed by atoms with Gasteiger partial charge in [-0.1, -0.05) is 28.1 Å². The molecule has 3 aliphatic rings. The number of hydrogen-bond acceptors (Lipinski definition) is 2. The van der Waals surface area contributed by atoms with Crippen LogP contribution in [0.4, 0.5) is 0 Å². The van der Waals surface area contributed by atoms with Crippen LogP contribution in [0.25, 0.3) is 0 Å². The first-order valence-corrected chi connectivity index (χ1v) is 9.13. The molecule has 1 amide bonds. The Morgan fingerprint density at radius 3 is 2.73 bits per heavy atom. The van der Waals surface area contributed by atoms with Crippen LogP contribution in [-0.2, 0) is 15.1 Å². The number of amides is 1. The highest BCUT2D eigenvalue weighted by atomic mass is 79.9. The number of ether oxygens (including phenoxy) is 1. The molecule has 0 radical (unpaired) electrons. The molecule has 4 heteroatoms. The number of benzene rings is 1. The van der Waals surface area contributed by atoms with Crippen molar-refractivity contribution in [2.75, 3.05) is 13.2 Å². The first-order valence-electron chi connectivity index (χ1n) is 8.34. The molecule has 3 nitrogen and oxygen atoms in total. The molecular formula is C18H22BrNO2. The Balaban J connectivity index is 1.54. The van der Waals surface area contributed by atoms with Gasteiger partial charge in [0.15, 0.2) is 0 Å². The van der Waals surface area contributed by atoms with E-state index in [0.717, 1.165) is 29.7 Å². The van der Waals surface area contributed by atoms with Gasteiger partial charge in [0.05, 0.1) is 5.54 Å². The zero-order valence-corrected chi connectivity index (χ0v) is 14.3. The number of rotatable bonds is 4. The Bertz CT molecular complexity index is 578. The van der Waals surface area contributed by atoms with Crippen molar-refractivity contribution in [3.05, 3.63) is 34.3 Å². The third kappa shape index (κ3) is 2.83. The molecule has 1 aliphatic heterocycles. The predicted octanol–water partition coefficient (Wildman–Crippen LogP) is 3.62. The summed E-state index contributed by atoms with van der Waals surface area (Å²) in [7, 11) is 0. The number of carbonyl (C=O) groups is 1. The van der Waals surface area contributed by atoms with E-state index >= 15 is 0 Å². The van der Waals surface area contributed by atoms with Crippen molar-refractivity contribution in [1.82, 2.24) is 5.32 Å². The number of hydrogen-bond donors (Lipinski definition) is 1. The molecule has 2 saturated carbocycles. The Morgan fingerprint density at radius 1 is 1.27 bits per heavy atom. The fraction of sp³-hybridized carbons (Fsp3) is 0.611. The van der Waals surface area contributed by atoms with Gasteiger partial charge in [0, 0.05) is 23.6 Å². The first-order chi connectivity index (χ1) is 10.7. The van der Waals surface area contributed by atoms with Crippen LogP contribution in [0.5, 0.6) is 0 Å². The van der Waals surface area contributed by atoms with Crippen LogP contribution >= 0.6 is 15.9 Å². The molecular weight excluding hydrogens is 342 g/mol. The number of carbonyl (C=O) groups excluding carboxylic acids is 1. The Morgan fingerprint density at radius 2 is 2.05 bits per heavy atom. The standard InChI is InChI=1S/C18H22BrNO2/c19-14-3-1-2-13(10-14)18(6-8-22-9-7-18)20-17(21)16-11-15(16)12-4-5-12/h1-3,10,12,15-16H,4-9,11H2,(H,20,21). The lowest BCUT2D eigenvalue weighted by molar-refractivity contribution is -0.126. The largest absolute Gasteiger partial charge is 0.381 e. The summed E-state index contributed by atoms with van der Waals surface area (Å²) in [5.41, 5.74) is 0.942. The number of halogens is 1.